The number of rotatable bonds is 6. The Morgan fingerprint density at radius 1 is 1.12 bits per heavy atom. The van der Waals surface area contributed by atoms with Crippen molar-refractivity contribution in [3.05, 3.63) is 65.7 Å². The first-order valence-corrected chi connectivity index (χ1v) is 8.84. The van der Waals surface area contributed by atoms with Gasteiger partial charge in [-0.05, 0) is 35.6 Å². The zero-order valence-electron chi connectivity index (χ0n) is 14.6. The van der Waals surface area contributed by atoms with Gasteiger partial charge in [-0.2, -0.15) is 0 Å². The van der Waals surface area contributed by atoms with E-state index in [1.807, 2.05) is 47.4 Å². The molecule has 4 nitrogen and oxygen atoms in total. The predicted molar refractivity (Wildman–Crippen MR) is 99.6 cm³/mol. The Bertz CT molecular complexity index is 725. The van der Waals surface area contributed by atoms with Crippen molar-refractivity contribution in [3.8, 4) is 0 Å². The van der Waals surface area contributed by atoms with Crippen molar-refractivity contribution in [1.82, 2.24) is 5.32 Å². The number of amides is 2. The van der Waals surface area contributed by atoms with Crippen molar-refractivity contribution in [1.29, 1.82) is 0 Å². The maximum absolute atomic E-state index is 12.2. The molecule has 1 aliphatic heterocycles. The average Bonchev–Trinajstić information content (AvgIpc) is 3.07. The van der Waals surface area contributed by atoms with Crippen LogP contribution in [0.4, 0.5) is 5.69 Å². The molecular formula is C21H24N2O2. The quantitative estimate of drug-likeness (QED) is 0.880. The minimum Gasteiger partial charge on any atom is -0.355 e. The van der Waals surface area contributed by atoms with Gasteiger partial charge in [0, 0.05) is 25.2 Å². The summed E-state index contributed by atoms with van der Waals surface area (Å²) in [5.74, 6) is 0.488. The fourth-order valence-corrected chi connectivity index (χ4v) is 3.13. The van der Waals surface area contributed by atoms with Gasteiger partial charge in [0.1, 0.15) is 0 Å². The molecule has 1 fully saturated rings. The van der Waals surface area contributed by atoms with E-state index in [-0.39, 0.29) is 17.7 Å². The number of carbonyl (C=O) groups is 2. The van der Waals surface area contributed by atoms with Crippen LogP contribution in [0.2, 0.25) is 0 Å². The summed E-state index contributed by atoms with van der Waals surface area (Å²) >= 11 is 0. The highest BCUT2D eigenvalue weighted by molar-refractivity contribution is 5.95. The molecule has 1 unspecified atom stereocenters. The second-order valence-electron chi connectivity index (χ2n) is 6.61. The zero-order chi connectivity index (χ0) is 17.6. The van der Waals surface area contributed by atoms with Crippen LogP contribution in [0.3, 0.4) is 0 Å². The summed E-state index contributed by atoms with van der Waals surface area (Å²) < 4.78 is 0. The lowest BCUT2D eigenvalue weighted by Crippen LogP contribution is -2.29. The highest BCUT2D eigenvalue weighted by Gasteiger charge is 2.21. The van der Waals surface area contributed by atoms with Crippen molar-refractivity contribution >= 4 is 17.5 Å². The van der Waals surface area contributed by atoms with E-state index < -0.39 is 0 Å². The van der Waals surface area contributed by atoms with E-state index in [2.05, 4.69) is 24.4 Å². The number of hydrogen-bond acceptors (Lipinski definition) is 2. The van der Waals surface area contributed by atoms with Gasteiger partial charge in [0.25, 0.3) is 0 Å². The minimum atomic E-state index is 0.0211. The number of benzene rings is 2. The van der Waals surface area contributed by atoms with Crippen molar-refractivity contribution in [2.75, 3.05) is 18.0 Å². The highest BCUT2D eigenvalue weighted by atomic mass is 16.2. The lowest BCUT2D eigenvalue weighted by molar-refractivity contribution is -0.120. The van der Waals surface area contributed by atoms with Crippen LogP contribution in [0.1, 0.15) is 36.8 Å². The molecule has 130 valence electrons. The van der Waals surface area contributed by atoms with Crippen LogP contribution >= 0.6 is 0 Å². The number of carbonyl (C=O) groups excluding carboxylic acids is 2. The van der Waals surface area contributed by atoms with E-state index in [0.29, 0.717) is 19.4 Å². The number of hydrogen-bond donors (Lipinski definition) is 1. The topological polar surface area (TPSA) is 49.4 Å². The molecule has 3 rings (SSSR count). The fourth-order valence-electron chi connectivity index (χ4n) is 3.13. The second kappa shape index (κ2) is 7.97. The molecule has 0 aliphatic carbocycles. The molecule has 2 aromatic carbocycles. The van der Waals surface area contributed by atoms with Crippen molar-refractivity contribution in [2.24, 2.45) is 0 Å². The summed E-state index contributed by atoms with van der Waals surface area (Å²) in [6, 6.07) is 17.9. The van der Waals surface area contributed by atoms with Crippen LogP contribution in [0, 0.1) is 0 Å². The predicted octanol–water partition coefficient (Wildman–Crippen LogP) is 3.28. The monoisotopic (exact) mass is 336 g/mol. The van der Waals surface area contributed by atoms with Crippen LogP contribution in [0.25, 0.3) is 0 Å². The van der Waals surface area contributed by atoms with Crippen LogP contribution in [-0.4, -0.2) is 24.9 Å². The largest absolute Gasteiger partial charge is 0.355 e. The average molecular weight is 336 g/mol. The number of anilines is 1. The summed E-state index contributed by atoms with van der Waals surface area (Å²) in [5.41, 5.74) is 3.10. The molecule has 1 aliphatic rings. The van der Waals surface area contributed by atoms with Gasteiger partial charge in [0.05, 0.1) is 6.42 Å². The Balaban J connectivity index is 1.50. The van der Waals surface area contributed by atoms with E-state index in [1.54, 1.807) is 0 Å². The van der Waals surface area contributed by atoms with Crippen LogP contribution in [-0.2, 0) is 16.0 Å². The Kier molecular flexibility index (Phi) is 5.49. The maximum Gasteiger partial charge on any atom is 0.227 e. The number of nitrogens with one attached hydrogen (secondary N) is 1. The molecule has 0 saturated carbocycles. The van der Waals surface area contributed by atoms with Gasteiger partial charge in [-0.3, -0.25) is 9.59 Å². The molecule has 25 heavy (non-hydrogen) atoms. The Morgan fingerprint density at radius 3 is 2.48 bits per heavy atom. The molecule has 2 aromatic rings. The Hall–Kier alpha value is -2.62. The van der Waals surface area contributed by atoms with Crippen LogP contribution < -0.4 is 10.2 Å². The molecule has 1 heterocycles. The summed E-state index contributed by atoms with van der Waals surface area (Å²) in [6.07, 6.45) is 1.90. The van der Waals surface area contributed by atoms with E-state index in [0.717, 1.165) is 24.2 Å². The molecule has 0 bridgehead atoms. The highest BCUT2D eigenvalue weighted by Crippen LogP contribution is 2.21. The van der Waals surface area contributed by atoms with Crippen molar-refractivity contribution in [2.45, 2.75) is 32.1 Å². The van der Waals surface area contributed by atoms with E-state index in [9.17, 15) is 9.59 Å². The van der Waals surface area contributed by atoms with E-state index >= 15 is 0 Å². The summed E-state index contributed by atoms with van der Waals surface area (Å²) in [4.78, 5) is 25.7. The summed E-state index contributed by atoms with van der Waals surface area (Å²) in [7, 11) is 0. The van der Waals surface area contributed by atoms with Crippen LogP contribution in [0.5, 0.6) is 0 Å². The molecule has 0 aromatic heterocycles. The third-order valence-corrected chi connectivity index (χ3v) is 4.66. The Labute approximate surface area is 148 Å². The zero-order valence-corrected chi connectivity index (χ0v) is 14.6. The standard InChI is InChI=1S/C21H24N2O2/c1-16(18-6-3-2-4-7-18)15-22-20(24)14-17-9-11-19(12-10-17)23-13-5-8-21(23)25/h2-4,6-7,9-12,16H,5,8,13-15H2,1H3,(H,22,24). The molecule has 1 saturated heterocycles. The first kappa shape index (κ1) is 17.2. The van der Waals surface area contributed by atoms with Gasteiger partial charge < -0.3 is 10.2 Å². The first-order valence-electron chi connectivity index (χ1n) is 8.84. The molecule has 0 spiro atoms. The van der Waals surface area contributed by atoms with Gasteiger partial charge in [0.15, 0.2) is 0 Å². The third-order valence-electron chi connectivity index (χ3n) is 4.66. The van der Waals surface area contributed by atoms with Gasteiger partial charge in [-0.1, -0.05) is 49.4 Å². The maximum atomic E-state index is 12.2. The number of nitrogens with zero attached hydrogens (tertiary/aromatic N) is 1. The van der Waals surface area contributed by atoms with Crippen molar-refractivity contribution in [3.63, 3.8) is 0 Å². The second-order valence-corrected chi connectivity index (χ2v) is 6.61. The van der Waals surface area contributed by atoms with E-state index in [1.165, 1.54) is 5.56 Å². The normalized spacial score (nSPS) is 15.2. The Morgan fingerprint density at radius 2 is 1.84 bits per heavy atom. The van der Waals surface area contributed by atoms with Crippen LogP contribution in [0.15, 0.2) is 54.6 Å². The molecule has 1 atom stereocenters. The van der Waals surface area contributed by atoms with Gasteiger partial charge >= 0.3 is 0 Å². The SMILES string of the molecule is CC(CNC(=O)Cc1ccc(N2CCCC2=O)cc1)c1ccccc1. The van der Waals surface area contributed by atoms with E-state index in [4.69, 9.17) is 0 Å². The molecule has 4 heteroatoms. The lowest BCUT2D eigenvalue weighted by Gasteiger charge is -2.16. The van der Waals surface area contributed by atoms with Gasteiger partial charge in [-0.15, -0.1) is 0 Å². The molecule has 0 radical (unpaired) electrons. The van der Waals surface area contributed by atoms with Gasteiger partial charge in [0.2, 0.25) is 11.8 Å². The smallest absolute Gasteiger partial charge is 0.227 e. The summed E-state index contributed by atoms with van der Waals surface area (Å²) in [6.45, 7) is 3.52. The third kappa shape index (κ3) is 4.47. The molecular weight excluding hydrogens is 312 g/mol. The first-order chi connectivity index (χ1) is 12.1. The molecule has 2 amide bonds. The fraction of sp³-hybridized carbons (Fsp3) is 0.333. The minimum absolute atomic E-state index is 0.0211. The lowest BCUT2D eigenvalue weighted by atomic mass is 10.0. The van der Waals surface area contributed by atoms with Gasteiger partial charge in [-0.25, -0.2) is 0 Å². The summed E-state index contributed by atoms with van der Waals surface area (Å²) in [5, 5.41) is 3.00. The van der Waals surface area contributed by atoms with Crippen molar-refractivity contribution < 1.29 is 9.59 Å². The molecule has 1 N–H and O–H groups in total.